The lowest BCUT2D eigenvalue weighted by Crippen LogP contribution is -2.48. The van der Waals surface area contributed by atoms with Gasteiger partial charge in [0.05, 0.1) is 19.2 Å². The van der Waals surface area contributed by atoms with Crippen LogP contribution >= 0.6 is 11.6 Å². The summed E-state index contributed by atoms with van der Waals surface area (Å²) in [7, 11) is 3.10. The summed E-state index contributed by atoms with van der Waals surface area (Å²) in [6.45, 7) is 5.14. The molecule has 1 amide bonds. The fourth-order valence-corrected chi connectivity index (χ4v) is 3.61. The molecule has 0 unspecified atom stereocenters. The normalized spacial score (nSPS) is 14.4. The van der Waals surface area contributed by atoms with Crippen LogP contribution in [-0.4, -0.2) is 51.2 Å². The van der Waals surface area contributed by atoms with Crippen LogP contribution in [0, 0.1) is 6.92 Å². The van der Waals surface area contributed by atoms with Crippen molar-refractivity contribution in [3.8, 4) is 11.5 Å². The second-order valence-corrected chi connectivity index (χ2v) is 7.13. The molecule has 6 heteroatoms. The molecule has 0 aromatic heterocycles. The fraction of sp³-hybridized carbons (Fsp3) is 0.318. The number of piperazine rings is 1. The first-order chi connectivity index (χ1) is 13.5. The summed E-state index contributed by atoms with van der Waals surface area (Å²) >= 11 is 6.22. The topological polar surface area (TPSA) is 42.0 Å². The Morgan fingerprint density at radius 1 is 1.07 bits per heavy atom. The van der Waals surface area contributed by atoms with Gasteiger partial charge in [0.2, 0.25) is 5.91 Å². The zero-order valence-electron chi connectivity index (χ0n) is 16.4. The number of carbonyl (C=O) groups is 1. The quantitative estimate of drug-likeness (QED) is 0.711. The van der Waals surface area contributed by atoms with Crippen molar-refractivity contribution in [2.24, 2.45) is 0 Å². The predicted molar refractivity (Wildman–Crippen MR) is 114 cm³/mol. The molecule has 28 heavy (non-hydrogen) atoms. The summed E-state index contributed by atoms with van der Waals surface area (Å²) in [5, 5.41) is 0.445. The van der Waals surface area contributed by atoms with Crippen molar-refractivity contribution >= 4 is 29.3 Å². The number of aryl methyl sites for hydroxylation is 1. The van der Waals surface area contributed by atoms with Crippen molar-refractivity contribution in [3.05, 3.63) is 58.6 Å². The molecule has 1 fully saturated rings. The number of amides is 1. The average molecular weight is 401 g/mol. The largest absolute Gasteiger partial charge is 0.493 e. The van der Waals surface area contributed by atoms with Gasteiger partial charge in [0.15, 0.2) is 11.5 Å². The van der Waals surface area contributed by atoms with Crippen LogP contribution in [0.25, 0.3) is 6.08 Å². The smallest absolute Gasteiger partial charge is 0.246 e. The Morgan fingerprint density at radius 3 is 2.46 bits per heavy atom. The second kappa shape index (κ2) is 9.02. The van der Waals surface area contributed by atoms with Gasteiger partial charge in [-0.25, -0.2) is 0 Å². The fourth-order valence-electron chi connectivity index (χ4n) is 3.32. The second-order valence-electron chi connectivity index (χ2n) is 6.72. The van der Waals surface area contributed by atoms with Crippen molar-refractivity contribution in [1.29, 1.82) is 0 Å². The number of hydrogen-bond acceptors (Lipinski definition) is 4. The Kier molecular flexibility index (Phi) is 6.47. The zero-order chi connectivity index (χ0) is 20.1. The SMILES string of the molecule is COc1cc(/C=C/C(=O)N2CCN(c3cccc(C)c3)CC2)cc(Cl)c1OC. The van der Waals surface area contributed by atoms with E-state index in [1.165, 1.54) is 11.3 Å². The molecule has 5 nitrogen and oxygen atoms in total. The number of benzene rings is 2. The summed E-state index contributed by atoms with van der Waals surface area (Å²) in [6, 6.07) is 12.0. The number of methoxy groups -OCH3 is 2. The van der Waals surface area contributed by atoms with Gasteiger partial charge in [0, 0.05) is 37.9 Å². The van der Waals surface area contributed by atoms with E-state index in [1.807, 2.05) is 4.90 Å². The average Bonchev–Trinajstić information content (AvgIpc) is 2.71. The van der Waals surface area contributed by atoms with Crippen molar-refractivity contribution in [2.45, 2.75) is 6.92 Å². The third-order valence-electron chi connectivity index (χ3n) is 4.83. The first kappa shape index (κ1) is 20.1. The molecule has 0 bridgehead atoms. The van der Waals surface area contributed by atoms with Crippen LogP contribution in [-0.2, 0) is 4.79 Å². The monoisotopic (exact) mass is 400 g/mol. The number of halogens is 1. The van der Waals surface area contributed by atoms with Gasteiger partial charge in [-0.2, -0.15) is 0 Å². The molecule has 1 saturated heterocycles. The maximum absolute atomic E-state index is 12.6. The van der Waals surface area contributed by atoms with Gasteiger partial charge in [-0.15, -0.1) is 0 Å². The maximum Gasteiger partial charge on any atom is 0.246 e. The molecule has 0 radical (unpaired) electrons. The molecule has 0 spiro atoms. The van der Waals surface area contributed by atoms with E-state index in [-0.39, 0.29) is 5.91 Å². The van der Waals surface area contributed by atoms with Crippen LogP contribution in [0.2, 0.25) is 5.02 Å². The van der Waals surface area contributed by atoms with Crippen molar-refractivity contribution in [2.75, 3.05) is 45.3 Å². The number of nitrogens with zero attached hydrogens (tertiary/aromatic N) is 2. The molecule has 0 N–H and O–H groups in total. The van der Waals surface area contributed by atoms with E-state index in [2.05, 4.69) is 36.1 Å². The lowest BCUT2D eigenvalue weighted by atomic mass is 10.1. The highest BCUT2D eigenvalue weighted by Crippen LogP contribution is 2.36. The van der Waals surface area contributed by atoms with E-state index in [9.17, 15) is 4.79 Å². The molecular weight excluding hydrogens is 376 g/mol. The van der Waals surface area contributed by atoms with E-state index < -0.39 is 0 Å². The van der Waals surface area contributed by atoms with Crippen LogP contribution in [0.5, 0.6) is 11.5 Å². The maximum atomic E-state index is 12.6. The predicted octanol–water partition coefficient (Wildman–Crippen LogP) is 4.03. The third-order valence-corrected chi connectivity index (χ3v) is 5.11. The Labute approximate surface area is 171 Å². The van der Waals surface area contributed by atoms with Gasteiger partial charge in [0.25, 0.3) is 0 Å². The molecule has 1 heterocycles. The minimum atomic E-state index is -0.00482. The Hall–Kier alpha value is -2.66. The molecular formula is C22H25ClN2O3. The van der Waals surface area contributed by atoms with Crippen LogP contribution in [0.3, 0.4) is 0 Å². The third kappa shape index (κ3) is 4.60. The number of ether oxygens (including phenoxy) is 2. The van der Waals surface area contributed by atoms with Crippen molar-refractivity contribution < 1.29 is 14.3 Å². The molecule has 3 rings (SSSR count). The number of carbonyl (C=O) groups excluding carboxylic acids is 1. The van der Waals surface area contributed by atoms with Crippen LogP contribution in [0.1, 0.15) is 11.1 Å². The van der Waals surface area contributed by atoms with Gasteiger partial charge in [-0.3, -0.25) is 4.79 Å². The Balaban J connectivity index is 1.62. The molecule has 0 saturated carbocycles. The van der Waals surface area contributed by atoms with E-state index in [4.69, 9.17) is 21.1 Å². The highest BCUT2D eigenvalue weighted by molar-refractivity contribution is 6.32. The summed E-state index contributed by atoms with van der Waals surface area (Å²) in [5.41, 5.74) is 3.24. The highest BCUT2D eigenvalue weighted by Gasteiger charge is 2.20. The summed E-state index contributed by atoms with van der Waals surface area (Å²) < 4.78 is 10.5. The van der Waals surface area contributed by atoms with Gasteiger partial charge < -0.3 is 19.3 Å². The lowest BCUT2D eigenvalue weighted by molar-refractivity contribution is -0.126. The number of hydrogen-bond donors (Lipinski definition) is 0. The minimum Gasteiger partial charge on any atom is -0.493 e. The van der Waals surface area contributed by atoms with Crippen LogP contribution in [0.15, 0.2) is 42.5 Å². The zero-order valence-corrected chi connectivity index (χ0v) is 17.2. The molecule has 0 atom stereocenters. The lowest BCUT2D eigenvalue weighted by Gasteiger charge is -2.35. The molecule has 1 aliphatic heterocycles. The van der Waals surface area contributed by atoms with Crippen LogP contribution < -0.4 is 14.4 Å². The van der Waals surface area contributed by atoms with Gasteiger partial charge in [-0.1, -0.05) is 23.7 Å². The molecule has 1 aliphatic rings. The summed E-state index contributed by atoms with van der Waals surface area (Å²) in [4.78, 5) is 16.7. The van der Waals surface area contributed by atoms with Gasteiger partial charge in [-0.05, 0) is 48.4 Å². The summed E-state index contributed by atoms with van der Waals surface area (Å²) in [6.07, 6.45) is 3.34. The Morgan fingerprint density at radius 2 is 1.82 bits per heavy atom. The highest BCUT2D eigenvalue weighted by atomic mass is 35.5. The van der Waals surface area contributed by atoms with Gasteiger partial charge >= 0.3 is 0 Å². The van der Waals surface area contributed by atoms with Crippen LogP contribution in [0.4, 0.5) is 5.69 Å². The number of rotatable bonds is 5. The molecule has 2 aromatic rings. The molecule has 0 aliphatic carbocycles. The molecule has 2 aromatic carbocycles. The Bertz CT molecular complexity index is 874. The first-order valence-corrected chi connectivity index (χ1v) is 9.59. The van der Waals surface area contributed by atoms with Gasteiger partial charge in [0.1, 0.15) is 0 Å². The number of anilines is 1. The van der Waals surface area contributed by atoms with Crippen molar-refractivity contribution in [3.63, 3.8) is 0 Å². The summed E-state index contributed by atoms with van der Waals surface area (Å²) in [5.74, 6) is 1.02. The molecule has 148 valence electrons. The van der Waals surface area contributed by atoms with Crippen molar-refractivity contribution in [1.82, 2.24) is 4.90 Å². The van der Waals surface area contributed by atoms with E-state index in [1.54, 1.807) is 38.5 Å². The van der Waals surface area contributed by atoms with E-state index in [0.717, 1.165) is 18.7 Å². The van der Waals surface area contributed by atoms with E-state index >= 15 is 0 Å². The standard InChI is InChI=1S/C22H25ClN2O3/c1-16-5-4-6-18(13-16)24-9-11-25(12-10-24)21(26)8-7-17-14-19(23)22(28-3)20(15-17)27-2/h4-8,13-15H,9-12H2,1-3H3/b8-7+. The minimum absolute atomic E-state index is 0.00482. The first-order valence-electron chi connectivity index (χ1n) is 9.22. The van der Waals surface area contributed by atoms with E-state index in [0.29, 0.717) is 29.6 Å².